The number of hydrogen-bond acceptors (Lipinski definition) is 7. The predicted molar refractivity (Wildman–Crippen MR) is 173 cm³/mol. The minimum atomic E-state index is -0.920. The summed E-state index contributed by atoms with van der Waals surface area (Å²) in [5.74, 6) is 2.55. The van der Waals surface area contributed by atoms with Crippen LogP contribution in [0.5, 0.6) is 17.2 Å². The number of likely N-dealkylation sites (tertiary alicyclic amines) is 1. The third-order valence-electron chi connectivity index (χ3n) is 8.02. The van der Waals surface area contributed by atoms with Crippen LogP contribution < -0.4 is 14.2 Å². The minimum absolute atomic E-state index is 0.0673. The molecule has 0 radical (unpaired) electrons. The van der Waals surface area contributed by atoms with Crippen molar-refractivity contribution in [3.63, 3.8) is 0 Å². The van der Waals surface area contributed by atoms with Crippen molar-refractivity contribution in [3.05, 3.63) is 89.0 Å². The molecule has 3 aromatic rings. The molecule has 2 atom stereocenters. The molecule has 244 valence electrons. The monoisotopic (exact) mass is 621 g/mol. The van der Waals surface area contributed by atoms with Crippen molar-refractivity contribution in [2.75, 3.05) is 53.7 Å². The van der Waals surface area contributed by atoms with Gasteiger partial charge in [0.25, 0.3) is 0 Å². The molecule has 1 fully saturated rings. The zero-order valence-electron chi connectivity index (χ0n) is 26.7. The number of rotatable bonds is 18. The summed E-state index contributed by atoms with van der Waals surface area (Å²) in [6.45, 7) is 6.13. The van der Waals surface area contributed by atoms with E-state index in [1.54, 1.807) is 14.2 Å². The molecule has 1 aliphatic rings. The van der Waals surface area contributed by atoms with Gasteiger partial charge in [0.05, 0.1) is 52.8 Å². The van der Waals surface area contributed by atoms with E-state index in [2.05, 4.69) is 31.2 Å². The van der Waals surface area contributed by atoms with Crippen LogP contribution in [0.4, 0.5) is 4.79 Å². The maximum Gasteiger partial charge on any atom is 0.407 e. The van der Waals surface area contributed by atoms with Crippen molar-refractivity contribution >= 4 is 6.09 Å². The lowest BCUT2D eigenvalue weighted by atomic mass is 9.87. The highest BCUT2D eigenvalue weighted by Gasteiger charge is 2.33. The van der Waals surface area contributed by atoms with E-state index in [1.807, 2.05) is 42.5 Å². The second kappa shape index (κ2) is 18.2. The maximum absolute atomic E-state index is 11.8. The number of para-hydroxylation sites is 1. The molecule has 1 saturated heterocycles. The lowest BCUT2D eigenvalue weighted by molar-refractivity contribution is -0.0200. The fourth-order valence-electron chi connectivity index (χ4n) is 5.51. The zero-order chi connectivity index (χ0) is 31.9. The number of amides is 1. The Kier molecular flexibility index (Phi) is 13.8. The van der Waals surface area contributed by atoms with Gasteiger partial charge in [-0.25, -0.2) is 4.79 Å². The highest BCUT2D eigenvalue weighted by molar-refractivity contribution is 5.65. The largest absolute Gasteiger partial charge is 0.496 e. The topological polar surface area (TPSA) is 95.9 Å². The van der Waals surface area contributed by atoms with Crippen molar-refractivity contribution in [3.8, 4) is 17.2 Å². The van der Waals surface area contributed by atoms with Gasteiger partial charge in [0, 0.05) is 44.6 Å². The SMILES string of the molecule is CCc1ccc(COC2CN(C(=O)O)CCC2c2ccc(OCCCOCc3ccccc3OC)cc2)cc1OCCCOC. The summed E-state index contributed by atoms with van der Waals surface area (Å²) in [6.07, 6.45) is 1.94. The second-order valence-corrected chi connectivity index (χ2v) is 11.1. The summed E-state index contributed by atoms with van der Waals surface area (Å²) in [5, 5.41) is 9.68. The van der Waals surface area contributed by atoms with Crippen molar-refractivity contribution in [2.45, 2.75) is 57.8 Å². The molecule has 9 heteroatoms. The summed E-state index contributed by atoms with van der Waals surface area (Å²) >= 11 is 0. The molecule has 0 spiro atoms. The molecule has 1 amide bonds. The van der Waals surface area contributed by atoms with Gasteiger partial charge in [0.2, 0.25) is 0 Å². The van der Waals surface area contributed by atoms with Gasteiger partial charge in [0.15, 0.2) is 0 Å². The Morgan fingerprint density at radius 3 is 2.40 bits per heavy atom. The Morgan fingerprint density at radius 1 is 0.867 bits per heavy atom. The van der Waals surface area contributed by atoms with Crippen molar-refractivity contribution < 1.29 is 38.3 Å². The molecule has 4 rings (SSSR count). The van der Waals surface area contributed by atoms with Crippen LogP contribution in [0.25, 0.3) is 0 Å². The van der Waals surface area contributed by atoms with Crippen LogP contribution in [-0.4, -0.2) is 75.9 Å². The molecular weight excluding hydrogens is 574 g/mol. The van der Waals surface area contributed by atoms with E-state index in [4.69, 9.17) is 28.4 Å². The van der Waals surface area contributed by atoms with Gasteiger partial charge >= 0.3 is 6.09 Å². The molecule has 45 heavy (non-hydrogen) atoms. The number of ether oxygens (including phenoxy) is 6. The van der Waals surface area contributed by atoms with Gasteiger partial charge in [-0.1, -0.05) is 49.4 Å². The number of methoxy groups -OCH3 is 2. The molecule has 1 heterocycles. The fourth-order valence-corrected chi connectivity index (χ4v) is 5.51. The second-order valence-electron chi connectivity index (χ2n) is 11.1. The molecule has 2 unspecified atom stereocenters. The molecule has 0 bridgehead atoms. The van der Waals surface area contributed by atoms with E-state index in [0.29, 0.717) is 59.2 Å². The zero-order valence-corrected chi connectivity index (χ0v) is 26.7. The van der Waals surface area contributed by atoms with Crippen LogP contribution in [0.2, 0.25) is 0 Å². The summed E-state index contributed by atoms with van der Waals surface area (Å²) in [4.78, 5) is 13.2. The molecule has 3 aromatic carbocycles. The van der Waals surface area contributed by atoms with Crippen molar-refractivity contribution in [1.29, 1.82) is 0 Å². The highest BCUT2D eigenvalue weighted by atomic mass is 16.5. The standard InChI is InChI=1S/C36H47NO8/c1-4-28-12-11-27(23-34(28)44-22-7-19-40-2)25-45-35-24-37(36(38)39)18-17-32(35)29-13-15-31(16-14-29)43-21-8-20-42-26-30-9-5-6-10-33(30)41-3/h5-6,9-16,23,32,35H,4,7-8,17-22,24-26H2,1-3H3,(H,38,39). The lowest BCUT2D eigenvalue weighted by Gasteiger charge is -2.37. The van der Waals surface area contributed by atoms with E-state index in [-0.39, 0.29) is 12.0 Å². The number of benzene rings is 3. The third-order valence-corrected chi connectivity index (χ3v) is 8.02. The van der Waals surface area contributed by atoms with E-state index in [9.17, 15) is 9.90 Å². The van der Waals surface area contributed by atoms with Crippen LogP contribution in [-0.2, 0) is 33.8 Å². The van der Waals surface area contributed by atoms with Crippen LogP contribution in [0.15, 0.2) is 66.7 Å². The Morgan fingerprint density at radius 2 is 1.64 bits per heavy atom. The number of carboxylic acid groups (broad SMARTS) is 1. The van der Waals surface area contributed by atoms with E-state index < -0.39 is 6.09 Å². The quantitative estimate of drug-likeness (QED) is 0.157. The molecule has 0 aliphatic carbocycles. The van der Waals surface area contributed by atoms with Crippen LogP contribution in [0.3, 0.4) is 0 Å². The molecular formula is C36H47NO8. The first kappa shape index (κ1) is 34.1. The number of hydrogen-bond donors (Lipinski definition) is 1. The number of carbonyl (C=O) groups is 1. The first-order valence-electron chi connectivity index (χ1n) is 15.8. The Balaban J connectivity index is 1.30. The normalized spacial score (nSPS) is 16.4. The van der Waals surface area contributed by atoms with Gasteiger partial charge < -0.3 is 38.4 Å². The summed E-state index contributed by atoms with van der Waals surface area (Å²) in [5.41, 5.74) is 4.28. The molecule has 0 saturated carbocycles. The van der Waals surface area contributed by atoms with E-state index in [0.717, 1.165) is 58.8 Å². The van der Waals surface area contributed by atoms with Crippen LogP contribution in [0.1, 0.15) is 54.4 Å². The van der Waals surface area contributed by atoms with Gasteiger partial charge in [-0.2, -0.15) is 0 Å². The Bertz CT molecular complexity index is 1310. The average molecular weight is 622 g/mol. The first-order chi connectivity index (χ1) is 22.0. The summed E-state index contributed by atoms with van der Waals surface area (Å²) < 4.78 is 34.7. The van der Waals surface area contributed by atoms with Gasteiger partial charge in [0.1, 0.15) is 17.2 Å². The number of aryl methyl sites for hydroxylation is 1. The van der Waals surface area contributed by atoms with Crippen molar-refractivity contribution in [2.24, 2.45) is 0 Å². The molecule has 1 N–H and O–H groups in total. The van der Waals surface area contributed by atoms with Crippen molar-refractivity contribution in [1.82, 2.24) is 4.90 Å². The van der Waals surface area contributed by atoms with Crippen LogP contribution >= 0.6 is 0 Å². The molecule has 0 aromatic heterocycles. The van der Waals surface area contributed by atoms with Gasteiger partial charge in [-0.15, -0.1) is 0 Å². The summed E-state index contributed by atoms with van der Waals surface area (Å²) in [6, 6.07) is 22.1. The highest BCUT2D eigenvalue weighted by Crippen LogP contribution is 2.33. The summed E-state index contributed by atoms with van der Waals surface area (Å²) in [7, 11) is 3.35. The smallest absolute Gasteiger partial charge is 0.407 e. The first-order valence-corrected chi connectivity index (χ1v) is 15.8. The number of nitrogens with zero attached hydrogens (tertiary/aromatic N) is 1. The maximum atomic E-state index is 11.8. The van der Waals surface area contributed by atoms with Crippen LogP contribution in [0, 0.1) is 0 Å². The Hall–Kier alpha value is -3.79. The molecule has 9 nitrogen and oxygen atoms in total. The number of piperidine rings is 1. The lowest BCUT2D eigenvalue weighted by Crippen LogP contribution is -2.46. The molecule has 1 aliphatic heterocycles. The van der Waals surface area contributed by atoms with E-state index in [1.165, 1.54) is 4.90 Å². The average Bonchev–Trinajstić information content (AvgIpc) is 3.07. The van der Waals surface area contributed by atoms with E-state index >= 15 is 0 Å². The fraction of sp³-hybridized carbons (Fsp3) is 0.472. The van der Waals surface area contributed by atoms with Gasteiger partial charge in [-0.3, -0.25) is 0 Å². The van der Waals surface area contributed by atoms with Gasteiger partial charge in [-0.05, 0) is 53.8 Å². The predicted octanol–water partition coefficient (Wildman–Crippen LogP) is 6.71. The Labute approximate surface area is 267 Å². The third kappa shape index (κ3) is 10.4. The minimum Gasteiger partial charge on any atom is -0.496 e.